The van der Waals surface area contributed by atoms with Crippen molar-refractivity contribution in [1.29, 1.82) is 0 Å². The third-order valence-corrected chi connectivity index (χ3v) is 5.91. The lowest BCUT2D eigenvalue weighted by atomic mass is 10.3. The zero-order chi connectivity index (χ0) is 25.6. The summed E-state index contributed by atoms with van der Waals surface area (Å²) in [6.07, 6.45) is -0.754. The molecule has 0 aliphatic carbocycles. The summed E-state index contributed by atoms with van der Waals surface area (Å²) in [6, 6.07) is 22.3. The van der Waals surface area contributed by atoms with E-state index in [1.165, 1.54) is 0 Å². The fourth-order valence-corrected chi connectivity index (χ4v) is 3.40. The number of carbonyl (C=O) groups is 2. The normalized spacial score (nSPS) is 11.9. The molecule has 0 bridgehead atoms. The predicted octanol–water partition coefficient (Wildman–Crippen LogP) is 7.67. The molecule has 4 rings (SSSR count). The molecule has 7 nitrogen and oxygen atoms in total. The van der Waals surface area contributed by atoms with Gasteiger partial charge in [0.05, 0.1) is 12.4 Å². The molecule has 0 unspecified atom stereocenters. The van der Waals surface area contributed by atoms with E-state index >= 15 is 0 Å². The lowest BCUT2D eigenvalue weighted by Crippen LogP contribution is -2.22. The summed E-state index contributed by atoms with van der Waals surface area (Å²) in [5.74, 6) is 0.299. The van der Waals surface area contributed by atoms with E-state index in [0.717, 1.165) is 24.8 Å². The van der Waals surface area contributed by atoms with E-state index in [2.05, 4.69) is 53.1 Å². The number of hydrogen-bond donors (Lipinski definition) is 2. The summed E-state index contributed by atoms with van der Waals surface area (Å²) in [5, 5.41) is 2.56. The van der Waals surface area contributed by atoms with Crippen molar-refractivity contribution in [3.05, 3.63) is 86.2 Å². The third-order valence-electron chi connectivity index (χ3n) is 4.17. The first-order chi connectivity index (χ1) is 16.8. The molecule has 1 heterocycles. The Balaban J connectivity index is 0.000000192. The van der Waals surface area contributed by atoms with Crippen LogP contribution < -0.4 is 16.0 Å². The van der Waals surface area contributed by atoms with Crippen LogP contribution in [0.2, 0.25) is 0 Å². The first-order valence-electron chi connectivity index (χ1n) is 10.2. The van der Waals surface area contributed by atoms with E-state index in [1.54, 1.807) is 17.0 Å². The third kappa shape index (κ3) is 11.3. The molecule has 1 saturated heterocycles. The van der Waals surface area contributed by atoms with Crippen LogP contribution in [0.5, 0.6) is 0 Å². The molecule has 1 aliphatic heterocycles. The van der Waals surface area contributed by atoms with Crippen molar-refractivity contribution in [2.24, 2.45) is 0 Å². The van der Waals surface area contributed by atoms with Gasteiger partial charge >= 0.3 is 12.2 Å². The number of cyclic esters (lactones) is 1. The van der Waals surface area contributed by atoms with E-state index in [0.29, 0.717) is 24.7 Å². The van der Waals surface area contributed by atoms with Gasteiger partial charge in [-0.05, 0) is 72.8 Å². The van der Waals surface area contributed by atoms with E-state index < -0.39 is 6.09 Å². The molecule has 2 amide bonds. The fraction of sp³-hybridized carbons (Fsp3) is 0.167. The van der Waals surface area contributed by atoms with Crippen molar-refractivity contribution in [3.63, 3.8) is 0 Å². The van der Waals surface area contributed by atoms with Gasteiger partial charge in [-0.2, -0.15) is 0 Å². The van der Waals surface area contributed by atoms with E-state index in [1.807, 2.05) is 60.7 Å². The molecule has 1 fully saturated rings. The van der Waals surface area contributed by atoms with Crippen molar-refractivity contribution < 1.29 is 19.1 Å². The summed E-state index contributed by atoms with van der Waals surface area (Å²) >= 11 is 15.3. The number of benzene rings is 3. The molecule has 0 spiro atoms. The average molecular weight is 693 g/mol. The van der Waals surface area contributed by atoms with Crippen LogP contribution >= 0.6 is 59.4 Å². The molecule has 35 heavy (non-hydrogen) atoms. The zero-order valence-electron chi connectivity index (χ0n) is 18.4. The van der Waals surface area contributed by atoms with Gasteiger partial charge in [0, 0.05) is 30.5 Å². The second-order valence-corrected chi connectivity index (χ2v) is 9.88. The minimum Gasteiger partial charge on any atom is -0.448 e. The summed E-state index contributed by atoms with van der Waals surface area (Å²) in [7, 11) is 0. The summed E-state index contributed by atoms with van der Waals surface area (Å²) in [5.41, 5.74) is 7.77. The van der Waals surface area contributed by atoms with Crippen LogP contribution in [0.1, 0.15) is 0 Å². The number of nitrogens with one attached hydrogen (secondary N) is 1. The molecule has 3 N–H and O–H groups in total. The van der Waals surface area contributed by atoms with Crippen molar-refractivity contribution in [3.8, 4) is 0 Å². The van der Waals surface area contributed by atoms with Gasteiger partial charge in [0.2, 0.25) is 0 Å². The number of halogens is 4. The lowest BCUT2D eigenvalue weighted by Gasteiger charge is -2.11. The average Bonchev–Trinajstić information content (AvgIpc) is 3.28. The number of hydrogen-bond acceptors (Lipinski definition) is 5. The number of alkyl halides is 1. The van der Waals surface area contributed by atoms with Crippen LogP contribution in [0.25, 0.3) is 0 Å². The Morgan fingerprint density at radius 3 is 1.91 bits per heavy atom. The highest BCUT2D eigenvalue weighted by atomic mass is 79.9. The zero-order valence-corrected chi connectivity index (χ0v) is 23.9. The highest BCUT2D eigenvalue weighted by Gasteiger charge is 2.22. The number of nitrogens with two attached hydrogens (primary N) is 1. The van der Waals surface area contributed by atoms with Gasteiger partial charge in [-0.25, -0.2) is 9.59 Å². The van der Waals surface area contributed by atoms with Gasteiger partial charge in [0.15, 0.2) is 0 Å². The first-order valence-corrected chi connectivity index (χ1v) is 13.2. The Kier molecular flexibility index (Phi) is 13.0. The second kappa shape index (κ2) is 15.7. The lowest BCUT2D eigenvalue weighted by molar-refractivity contribution is 0.168. The number of amides is 2. The maximum atomic E-state index is 11.2. The smallest absolute Gasteiger partial charge is 0.414 e. The Hall–Kier alpha value is -2.27. The minimum absolute atomic E-state index is 0.212. The Labute approximate surface area is 234 Å². The largest absolute Gasteiger partial charge is 0.448 e. The van der Waals surface area contributed by atoms with Crippen LogP contribution in [-0.4, -0.2) is 37.8 Å². The molecule has 0 saturated carbocycles. The summed E-state index contributed by atoms with van der Waals surface area (Å²) in [6.45, 7) is 1.33. The quantitative estimate of drug-likeness (QED) is 0.216. The molecule has 0 radical (unpaired) electrons. The Morgan fingerprint density at radius 2 is 1.46 bits per heavy atom. The monoisotopic (exact) mass is 689 g/mol. The van der Waals surface area contributed by atoms with Crippen LogP contribution in [0, 0.1) is 0 Å². The van der Waals surface area contributed by atoms with Crippen LogP contribution in [0.4, 0.5) is 26.7 Å². The second-order valence-electron chi connectivity index (χ2n) is 6.75. The first kappa shape index (κ1) is 29.0. The predicted molar refractivity (Wildman–Crippen MR) is 151 cm³/mol. The molecule has 186 valence electrons. The summed E-state index contributed by atoms with van der Waals surface area (Å²) in [4.78, 5) is 23.8. The van der Waals surface area contributed by atoms with E-state index in [-0.39, 0.29) is 12.7 Å². The number of rotatable bonds is 4. The Bertz CT molecular complexity index is 1050. The van der Waals surface area contributed by atoms with Crippen LogP contribution in [0.3, 0.4) is 0 Å². The standard InChI is InChI=1S/C9H9BrClNO2.C9H8BrNO2.C6H6BrN/c10-7-1-3-8(4-2-7)12-9(13)14-6-5-11;10-7-1-3-8(4-2-7)11-5-6-13-9(11)12;7-5-1-3-6(8)4-2-5/h1-4H,5-6H2,(H,12,13);1-4H,5-6H2;1-4H,8H2. The van der Waals surface area contributed by atoms with Crippen LogP contribution in [-0.2, 0) is 9.47 Å². The van der Waals surface area contributed by atoms with Crippen molar-refractivity contribution in [1.82, 2.24) is 0 Å². The highest BCUT2D eigenvalue weighted by molar-refractivity contribution is 9.11. The number of ether oxygens (including phenoxy) is 2. The molecule has 0 aromatic heterocycles. The minimum atomic E-state index is -0.493. The SMILES string of the molecule is Nc1ccc(Br)cc1.O=C(Nc1ccc(Br)cc1)OCCCl.O=C1OCCN1c1ccc(Br)cc1. The maximum absolute atomic E-state index is 11.2. The Morgan fingerprint density at radius 1 is 0.943 bits per heavy atom. The molecule has 3 aromatic rings. The number of carbonyl (C=O) groups excluding carboxylic acids is 2. The topological polar surface area (TPSA) is 93.9 Å². The highest BCUT2D eigenvalue weighted by Crippen LogP contribution is 2.21. The van der Waals surface area contributed by atoms with Gasteiger partial charge in [0.25, 0.3) is 0 Å². The molecule has 1 aliphatic rings. The molecule has 11 heteroatoms. The summed E-state index contributed by atoms with van der Waals surface area (Å²) < 4.78 is 12.6. The van der Waals surface area contributed by atoms with Crippen molar-refractivity contribution >= 4 is 88.6 Å². The number of nitrogen functional groups attached to an aromatic ring is 1. The molecular formula is C24H23Br3ClN3O4. The van der Waals surface area contributed by atoms with Gasteiger partial charge in [-0.1, -0.05) is 47.8 Å². The van der Waals surface area contributed by atoms with Gasteiger partial charge in [-0.15, -0.1) is 11.6 Å². The number of anilines is 3. The van der Waals surface area contributed by atoms with E-state index in [4.69, 9.17) is 26.8 Å². The number of nitrogens with zero attached hydrogens (tertiary/aromatic N) is 1. The molecule has 0 atom stereocenters. The van der Waals surface area contributed by atoms with Crippen molar-refractivity contribution in [2.45, 2.75) is 0 Å². The van der Waals surface area contributed by atoms with Crippen LogP contribution in [0.15, 0.2) is 86.2 Å². The molecular weight excluding hydrogens is 669 g/mol. The van der Waals surface area contributed by atoms with Crippen molar-refractivity contribution in [2.75, 3.05) is 41.6 Å². The maximum Gasteiger partial charge on any atom is 0.414 e. The fourth-order valence-electron chi connectivity index (χ4n) is 2.53. The van der Waals surface area contributed by atoms with Gasteiger partial charge < -0.3 is 15.2 Å². The molecule has 3 aromatic carbocycles. The van der Waals surface area contributed by atoms with Gasteiger partial charge in [0.1, 0.15) is 13.2 Å². The van der Waals surface area contributed by atoms with E-state index in [9.17, 15) is 9.59 Å². The van der Waals surface area contributed by atoms with Gasteiger partial charge in [-0.3, -0.25) is 10.2 Å².